The first-order chi connectivity index (χ1) is 16.2. The predicted molar refractivity (Wildman–Crippen MR) is 133 cm³/mol. The van der Waals surface area contributed by atoms with Crippen LogP contribution in [0.4, 0.5) is 11.4 Å². The van der Waals surface area contributed by atoms with Gasteiger partial charge in [0.1, 0.15) is 17.6 Å². The molecule has 4 rings (SSSR count). The molecule has 1 unspecified atom stereocenters. The molecule has 3 aromatic rings. The summed E-state index contributed by atoms with van der Waals surface area (Å²) in [6.45, 7) is 8.11. The van der Waals surface area contributed by atoms with Gasteiger partial charge in [0.25, 0.3) is 15.9 Å². The molecule has 178 valence electrons. The maximum atomic E-state index is 12.9. The van der Waals surface area contributed by atoms with Crippen molar-refractivity contribution in [2.45, 2.75) is 45.1 Å². The van der Waals surface area contributed by atoms with Crippen LogP contribution in [-0.2, 0) is 16.4 Å². The van der Waals surface area contributed by atoms with E-state index in [0.717, 1.165) is 28.9 Å². The van der Waals surface area contributed by atoms with Crippen LogP contribution >= 0.6 is 0 Å². The fourth-order valence-electron chi connectivity index (χ4n) is 3.86. The lowest BCUT2D eigenvalue weighted by molar-refractivity contribution is 0.102. The minimum absolute atomic E-state index is 0.0693. The van der Waals surface area contributed by atoms with Crippen molar-refractivity contribution >= 4 is 27.3 Å². The summed E-state index contributed by atoms with van der Waals surface area (Å²) in [6, 6.07) is 14.9. The number of amides is 1. The molecule has 3 aromatic carbocycles. The van der Waals surface area contributed by atoms with Gasteiger partial charge < -0.3 is 14.8 Å². The molecule has 0 bridgehead atoms. The number of carbonyl (C=O) groups excluding carboxylic acids is 1. The van der Waals surface area contributed by atoms with E-state index in [1.165, 1.54) is 24.3 Å². The zero-order valence-corrected chi connectivity index (χ0v) is 20.5. The Morgan fingerprint density at radius 2 is 1.82 bits per heavy atom. The van der Waals surface area contributed by atoms with Gasteiger partial charge in [-0.3, -0.25) is 9.52 Å². The molecular formula is C26H28N2O5S. The molecule has 0 spiro atoms. The van der Waals surface area contributed by atoms with Gasteiger partial charge in [-0.1, -0.05) is 12.1 Å². The SMILES string of the molecule is CCOc1cc2c(cc1NC(=O)c1ccc(S(=O)(=O)Nc3cccc(C)c3C)cc1)OC(C)C2. The smallest absolute Gasteiger partial charge is 0.261 e. The van der Waals surface area contributed by atoms with Crippen molar-refractivity contribution in [1.82, 2.24) is 0 Å². The third-order valence-corrected chi connectivity index (χ3v) is 7.20. The number of hydrogen-bond donors (Lipinski definition) is 2. The first-order valence-corrected chi connectivity index (χ1v) is 12.6. The van der Waals surface area contributed by atoms with E-state index in [0.29, 0.717) is 29.3 Å². The maximum Gasteiger partial charge on any atom is 0.261 e. The predicted octanol–water partition coefficient (Wildman–Crippen LogP) is 5.08. The summed E-state index contributed by atoms with van der Waals surface area (Å²) in [5, 5.41) is 2.86. The molecule has 1 aliphatic heterocycles. The Kier molecular flexibility index (Phi) is 6.52. The van der Waals surface area contributed by atoms with Crippen LogP contribution in [0.2, 0.25) is 0 Å². The Bertz CT molecular complexity index is 1330. The highest BCUT2D eigenvalue weighted by molar-refractivity contribution is 7.92. The second kappa shape index (κ2) is 9.38. The van der Waals surface area contributed by atoms with Crippen molar-refractivity contribution in [1.29, 1.82) is 0 Å². The molecular weight excluding hydrogens is 452 g/mol. The van der Waals surface area contributed by atoms with E-state index < -0.39 is 10.0 Å². The van der Waals surface area contributed by atoms with Gasteiger partial charge in [0.15, 0.2) is 0 Å². The standard InChI is InChI=1S/C26H28N2O5S/c1-5-32-25-14-20-13-17(3)33-24(20)15-23(25)27-26(29)19-9-11-21(12-10-19)34(30,31)28-22-8-6-7-16(2)18(22)4/h6-12,14-15,17,28H,5,13H2,1-4H3,(H,27,29). The average Bonchev–Trinajstić information content (AvgIpc) is 3.16. The van der Waals surface area contributed by atoms with Crippen molar-refractivity contribution < 1.29 is 22.7 Å². The largest absolute Gasteiger partial charge is 0.492 e. The summed E-state index contributed by atoms with van der Waals surface area (Å²) in [5.74, 6) is 0.924. The lowest BCUT2D eigenvalue weighted by atomic mass is 10.1. The van der Waals surface area contributed by atoms with E-state index in [2.05, 4.69) is 10.0 Å². The maximum absolute atomic E-state index is 12.9. The van der Waals surface area contributed by atoms with Gasteiger partial charge in [-0.25, -0.2) is 8.42 Å². The summed E-state index contributed by atoms with van der Waals surface area (Å²) in [4.78, 5) is 13.0. The van der Waals surface area contributed by atoms with Crippen LogP contribution in [-0.4, -0.2) is 27.0 Å². The number of ether oxygens (including phenoxy) is 2. The van der Waals surface area contributed by atoms with Crippen LogP contribution in [0.5, 0.6) is 11.5 Å². The molecule has 2 N–H and O–H groups in total. The number of carbonyl (C=O) groups is 1. The zero-order chi connectivity index (χ0) is 24.5. The van der Waals surface area contributed by atoms with E-state index in [-0.39, 0.29) is 16.9 Å². The van der Waals surface area contributed by atoms with E-state index in [4.69, 9.17) is 9.47 Å². The highest BCUT2D eigenvalue weighted by Crippen LogP contribution is 2.38. The van der Waals surface area contributed by atoms with Crippen LogP contribution in [0.3, 0.4) is 0 Å². The third kappa shape index (κ3) is 4.87. The molecule has 0 aliphatic carbocycles. The summed E-state index contributed by atoms with van der Waals surface area (Å²) in [7, 11) is -3.80. The van der Waals surface area contributed by atoms with Crippen LogP contribution in [0.1, 0.15) is 40.9 Å². The highest BCUT2D eigenvalue weighted by atomic mass is 32.2. The molecule has 0 aromatic heterocycles. The lowest BCUT2D eigenvalue weighted by Gasteiger charge is -2.14. The first kappa shape index (κ1) is 23.6. The summed E-state index contributed by atoms with van der Waals surface area (Å²) in [5.41, 5.74) is 4.25. The van der Waals surface area contributed by atoms with Gasteiger partial charge in [0.2, 0.25) is 0 Å². The number of hydrogen-bond acceptors (Lipinski definition) is 5. The molecule has 1 heterocycles. The summed E-state index contributed by atoms with van der Waals surface area (Å²) in [6.07, 6.45) is 0.859. The molecule has 0 saturated heterocycles. The molecule has 0 radical (unpaired) electrons. The Hall–Kier alpha value is -3.52. The van der Waals surface area contributed by atoms with Crippen molar-refractivity contribution in [3.05, 3.63) is 76.9 Å². The second-order valence-electron chi connectivity index (χ2n) is 8.35. The molecule has 7 nitrogen and oxygen atoms in total. The number of fused-ring (bicyclic) bond motifs is 1. The van der Waals surface area contributed by atoms with Crippen molar-refractivity contribution in [3.63, 3.8) is 0 Å². The minimum Gasteiger partial charge on any atom is -0.492 e. The summed E-state index contributed by atoms with van der Waals surface area (Å²) < 4.78 is 39.8. The number of rotatable bonds is 7. The fraction of sp³-hybridized carbons (Fsp3) is 0.269. The molecule has 34 heavy (non-hydrogen) atoms. The van der Waals surface area contributed by atoms with Gasteiger partial charge in [0.05, 0.1) is 22.9 Å². The molecule has 0 fully saturated rings. The second-order valence-corrected chi connectivity index (χ2v) is 10.0. The van der Waals surface area contributed by atoms with Gasteiger partial charge in [0, 0.05) is 23.6 Å². The Balaban J connectivity index is 1.53. The number of benzene rings is 3. The third-order valence-electron chi connectivity index (χ3n) is 5.82. The topological polar surface area (TPSA) is 93.7 Å². The van der Waals surface area contributed by atoms with Crippen LogP contribution in [0.15, 0.2) is 59.5 Å². The molecule has 1 aliphatic rings. The van der Waals surface area contributed by atoms with Gasteiger partial charge in [-0.05, 0) is 75.2 Å². The van der Waals surface area contributed by atoms with Crippen LogP contribution in [0, 0.1) is 13.8 Å². The first-order valence-electron chi connectivity index (χ1n) is 11.1. The quantitative estimate of drug-likeness (QED) is 0.492. The number of sulfonamides is 1. The molecule has 0 saturated carbocycles. The van der Waals surface area contributed by atoms with Crippen molar-refractivity contribution in [2.24, 2.45) is 0 Å². The van der Waals surface area contributed by atoms with Crippen LogP contribution in [0.25, 0.3) is 0 Å². The van der Waals surface area contributed by atoms with Gasteiger partial charge >= 0.3 is 0 Å². The minimum atomic E-state index is -3.80. The van der Waals surface area contributed by atoms with Gasteiger partial charge in [-0.15, -0.1) is 0 Å². The number of anilines is 2. The number of aryl methyl sites for hydroxylation is 1. The summed E-state index contributed by atoms with van der Waals surface area (Å²) >= 11 is 0. The highest BCUT2D eigenvalue weighted by Gasteiger charge is 2.23. The Morgan fingerprint density at radius 3 is 2.53 bits per heavy atom. The van der Waals surface area contributed by atoms with E-state index in [1.807, 2.05) is 39.8 Å². The fourth-order valence-corrected chi connectivity index (χ4v) is 4.98. The Morgan fingerprint density at radius 1 is 1.09 bits per heavy atom. The zero-order valence-electron chi connectivity index (χ0n) is 19.6. The monoisotopic (exact) mass is 480 g/mol. The van der Waals surface area contributed by atoms with E-state index in [9.17, 15) is 13.2 Å². The Labute approximate surface area is 200 Å². The van der Waals surface area contributed by atoms with Gasteiger partial charge in [-0.2, -0.15) is 0 Å². The lowest BCUT2D eigenvalue weighted by Crippen LogP contribution is -2.16. The molecule has 1 atom stereocenters. The van der Waals surface area contributed by atoms with Crippen molar-refractivity contribution in [3.8, 4) is 11.5 Å². The van der Waals surface area contributed by atoms with Crippen molar-refractivity contribution in [2.75, 3.05) is 16.6 Å². The van der Waals surface area contributed by atoms with Crippen LogP contribution < -0.4 is 19.5 Å². The average molecular weight is 481 g/mol. The normalized spacial score (nSPS) is 14.8. The molecule has 8 heteroatoms. The van der Waals surface area contributed by atoms with E-state index >= 15 is 0 Å². The molecule has 1 amide bonds. The van der Waals surface area contributed by atoms with E-state index in [1.54, 1.807) is 18.2 Å². The number of nitrogens with one attached hydrogen (secondary N) is 2.